The van der Waals surface area contributed by atoms with Crippen LogP contribution in [0.1, 0.15) is 39.0 Å². The number of hydrogen-bond donors (Lipinski definition) is 1. The molecule has 0 aromatic rings. The summed E-state index contributed by atoms with van der Waals surface area (Å²) in [6, 6.07) is 0. The Morgan fingerprint density at radius 2 is 2.07 bits per heavy atom. The molecule has 0 unspecified atom stereocenters. The van der Waals surface area contributed by atoms with Gasteiger partial charge in [-0.2, -0.15) is 0 Å². The average molecular weight is 196 g/mol. The number of fused-ring (bicyclic) bond motifs is 1. The second kappa shape index (κ2) is 3.16. The van der Waals surface area contributed by atoms with Gasteiger partial charge in [0.15, 0.2) is 0 Å². The predicted octanol–water partition coefficient (Wildman–Crippen LogP) is 1.09. The first-order valence-electron chi connectivity index (χ1n) is 5.30. The molecule has 0 aromatic heterocycles. The van der Waals surface area contributed by atoms with Crippen LogP contribution in [-0.4, -0.2) is 22.8 Å². The summed E-state index contributed by atoms with van der Waals surface area (Å²) < 4.78 is 0. The van der Waals surface area contributed by atoms with E-state index in [4.69, 9.17) is 0 Å². The first-order chi connectivity index (χ1) is 6.55. The second-order valence-electron chi connectivity index (χ2n) is 4.74. The van der Waals surface area contributed by atoms with E-state index in [9.17, 15) is 14.7 Å². The van der Waals surface area contributed by atoms with Gasteiger partial charge in [0.2, 0.25) is 0 Å². The second-order valence-corrected chi connectivity index (χ2v) is 4.74. The van der Waals surface area contributed by atoms with Gasteiger partial charge in [-0.1, -0.05) is 6.92 Å². The minimum absolute atomic E-state index is 0.0827. The Bertz CT molecular complexity index is 284. The minimum Gasteiger partial charge on any atom is -0.392 e. The first-order valence-corrected chi connectivity index (χ1v) is 5.30. The minimum atomic E-state index is -0.592. The SMILES string of the molecule is C[C@@]12CCC[C@H](O)[C@@H]1C(=O)CCC2=O. The molecule has 2 aliphatic carbocycles. The lowest BCUT2D eigenvalue weighted by atomic mass is 9.58. The fraction of sp³-hybridized carbons (Fsp3) is 0.818. The van der Waals surface area contributed by atoms with Gasteiger partial charge < -0.3 is 5.11 Å². The Balaban J connectivity index is 2.35. The molecule has 0 spiro atoms. The third-order valence-electron chi connectivity index (χ3n) is 3.85. The van der Waals surface area contributed by atoms with E-state index in [1.807, 2.05) is 6.92 Å². The number of ketones is 2. The van der Waals surface area contributed by atoms with E-state index in [1.165, 1.54) is 0 Å². The Morgan fingerprint density at radius 1 is 1.36 bits per heavy atom. The van der Waals surface area contributed by atoms with E-state index in [2.05, 4.69) is 0 Å². The van der Waals surface area contributed by atoms with Crippen LogP contribution in [0.2, 0.25) is 0 Å². The van der Waals surface area contributed by atoms with Crippen LogP contribution < -0.4 is 0 Å². The quantitative estimate of drug-likeness (QED) is 0.631. The highest BCUT2D eigenvalue weighted by atomic mass is 16.3. The third kappa shape index (κ3) is 1.22. The van der Waals surface area contributed by atoms with Crippen molar-refractivity contribution in [2.45, 2.75) is 45.1 Å². The number of aliphatic hydroxyl groups excluding tert-OH is 1. The van der Waals surface area contributed by atoms with Crippen molar-refractivity contribution in [3.8, 4) is 0 Å². The Hall–Kier alpha value is -0.700. The summed E-state index contributed by atoms with van der Waals surface area (Å²) in [5.74, 6) is -0.169. The molecule has 3 heteroatoms. The molecule has 0 aromatic carbocycles. The Morgan fingerprint density at radius 3 is 2.71 bits per heavy atom. The summed E-state index contributed by atoms with van der Waals surface area (Å²) in [4.78, 5) is 23.5. The largest absolute Gasteiger partial charge is 0.392 e. The molecule has 3 atom stereocenters. The number of Topliss-reactive ketones (excluding diaryl/α,β-unsaturated/α-hetero) is 2. The highest BCUT2D eigenvalue weighted by Crippen LogP contribution is 2.46. The zero-order valence-corrected chi connectivity index (χ0v) is 8.45. The summed E-state index contributed by atoms with van der Waals surface area (Å²) >= 11 is 0. The van der Waals surface area contributed by atoms with Crippen LogP contribution >= 0.6 is 0 Å². The number of rotatable bonds is 0. The van der Waals surface area contributed by atoms with E-state index in [1.54, 1.807) is 0 Å². The molecule has 78 valence electrons. The van der Waals surface area contributed by atoms with Crippen LogP contribution in [0.3, 0.4) is 0 Å². The van der Waals surface area contributed by atoms with Gasteiger partial charge in [0.1, 0.15) is 11.6 Å². The average Bonchev–Trinajstić information content (AvgIpc) is 2.12. The van der Waals surface area contributed by atoms with Crippen molar-refractivity contribution in [2.24, 2.45) is 11.3 Å². The van der Waals surface area contributed by atoms with Gasteiger partial charge in [0.25, 0.3) is 0 Å². The molecule has 1 N–H and O–H groups in total. The van der Waals surface area contributed by atoms with E-state index < -0.39 is 17.4 Å². The maximum atomic E-state index is 11.8. The zero-order chi connectivity index (χ0) is 10.3. The monoisotopic (exact) mass is 196 g/mol. The number of carbonyl (C=O) groups is 2. The molecule has 0 radical (unpaired) electrons. The molecular weight excluding hydrogens is 180 g/mol. The van der Waals surface area contributed by atoms with Crippen molar-refractivity contribution in [1.82, 2.24) is 0 Å². The van der Waals surface area contributed by atoms with Gasteiger partial charge in [-0.15, -0.1) is 0 Å². The van der Waals surface area contributed by atoms with Crippen LogP contribution in [0.15, 0.2) is 0 Å². The third-order valence-corrected chi connectivity index (χ3v) is 3.85. The van der Waals surface area contributed by atoms with E-state index in [0.717, 1.165) is 12.8 Å². The van der Waals surface area contributed by atoms with Gasteiger partial charge in [0, 0.05) is 18.3 Å². The fourth-order valence-electron chi connectivity index (χ4n) is 2.99. The summed E-state index contributed by atoms with van der Waals surface area (Å²) in [5, 5.41) is 9.78. The maximum Gasteiger partial charge on any atom is 0.140 e. The molecule has 0 heterocycles. The van der Waals surface area contributed by atoms with Crippen molar-refractivity contribution < 1.29 is 14.7 Å². The zero-order valence-electron chi connectivity index (χ0n) is 8.45. The van der Waals surface area contributed by atoms with E-state index in [0.29, 0.717) is 19.3 Å². The molecule has 2 saturated carbocycles. The van der Waals surface area contributed by atoms with Gasteiger partial charge >= 0.3 is 0 Å². The van der Waals surface area contributed by atoms with Crippen LogP contribution in [0.4, 0.5) is 0 Å². The van der Waals surface area contributed by atoms with Gasteiger partial charge in [-0.05, 0) is 19.3 Å². The molecule has 2 fully saturated rings. The van der Waals surface area contributed by atoms with Crippen LogP contribution in [-0.2, 0) is 9.59 Å². The summed E-state index contributed by atoms with van der Waals surface area (Å²) in [7, 11) is 0. The van der Waals surface area contributed by atoms with Crippen molar-refractivity contribution in [3.63, 3.8) is 0 Å². The number of aliphatic hydroxyl groups is 1. The summed E-state index contributed by atoms with van der Waals surface area (Å²) in [5.41, 5.74) is -0.562. The van der Waals surface area contributed by atoms with Crippen LogP contribution in [0.25, 0.3) is 0 Å². The molecule has 3 nitrogen and oxygen atoms in total. The topological polar surface area (TPSA) is 54.4 Å². The highest BCUT2D eigenvalue weighted by Gasteiger charge is 2.52. The molecule has 0 saturated heterocycles. The van der Waals surface area contributed by atoms with Gasteiger partial charge in [0.05, 0.1) is 12.0 Å². The molecular formula is C11H16O3. The maximum absolute atomic E-state index is 11.8. The van der Waals surface area contributed by atoms with Crippen LogP contribution in [0.5, 0.6) is 0 Å². The van der Waals surface area contributed by atoms with Crippen LogP contribution in [0, 0.1) is 11.3 Å². The molecule has 0 bridgehead atoms. The number of hydrogen-bond acceptors (Lipinski definition) is 3. The standard InChI is InChI=1S/C11H16O3/c1-11-6-2-3-7(12)10(11)8(13)4-5-9(11)14/h7,10,12H,2-6H2,1H3/t7-,10+,11-/m0/s1. The lowest BCUT2D eigenvalue weighted by molar-refractivity contribution is -0.154. The molecule has 14 heavy (non-hydrogen) atoms. The van der Waals surface area contributed by atoms with Crippen molar-refractivity contribution in [1.29, 1.82) is 0 Å². The fourth-order valence-corrected chi connectivity index (χ4v) is 2.99. The number of carbonyl (C=O) groups excluding carboxylic acids is 2. The van der Waals surface area contributed by atoms with E-state index in [-0.39, 0.29) is 11.6 Å². The van der Waals surface area contributed by atoms with Crippen molar-refractivity contribution in [3.05, 3.63) is 0 Å². The smallest absolute Gasteiger partial charge is 0.140 e. The predicted molar refractivity (Wildman–Crippen MR) is 50.7 cm³/mol. The lowest BCUT2D eigenvalue weighted by Crippen LogP contribution is -2.52. The molecule has 2 aliphatic rings. The molecule has 0 aliphatic heterocycles. The summed E-state index contributed by atoms with van der Waals surface area (Å²) in [6.45, 7) is 1.85. The first kappa shape index (κ1) is 9.84. The normalized spacial score (nSPS) is 43.6. The van der Waals surface area contributed by atoms with Gasteiger partial charge in [-0.25, -0.2) is 0 Å². The van der Waals surface area contributed by atoms with Gasteiger partial charge in [-0.3, -0.25) is 9.59 Å². The van der Waals surface area contributed by atoms with Crippen molar-refractivity contribution in [2.75, 3.05) is 0 Å². The highest BCUT2D eigenvalue weighted by molar-refractivity contribution is 5.99. The molecule has 2 rings (SSSR count). The summed E-state index contributed by atoms with van der Waals surface area (Å²) in [6.07, 6.45) is 2.39. The van der Waals surface area contributed by atoms with E-state index >= 15 is 0 Å². The van der Waals surface area contributed by atoms with Crippen molar-refractivity contribution >= 4 is 11.6 Å². The lowest BCUT2D eigenvalue weighted by Gasteiger charge is -2.44. The Labute approximate surface area is 83.5 Å². The Kier molecular flexibility index (Phi) is 2.22. The molecule has 0 amide bonds.